The number of hydrogen-bond donors (Lipinski definition) is 2. The van der Waals surface area contributed by atoms with Crippen LogP contribution in [0, 0.1) is 0 Å². The average Bonchev–Trinajstić information content (AvgIpc) is 2.84. The number of nitrogens with one attached hydrogen (secondary N) is 2. The van der Waals surface area contributed by atoms with Crippen LogP contribution in [0.15, 0.2) is 72.7 Å². The minimum absolute atomic E-state index is 0.0312. The predicted octanol–water partition coefficient (Wildman–Crippen LogP) is 3.52. The quantitative estimate of drug-likeness (QED) is 0.528. The number of hydrogen-bond acceptors (Lipinski definition) is 6. The van der Waals surface area contributed by atoms with Crippen LogP contribution in [-0.4, -0.2) is 38.1 Å². The molecule has 2 aromatic carbocycles. The number of nitrogens with zero attached hydrogens (tertiary/aromatic N) is 1. The molecule has 3 rings (SSSR count). The fourth-order valence-corrected chi connectivity index (χ4v) is 2.90. The molecule has 1 aromatic heterocycles. The molecule has 1 heterocycles. The molecule has 0 saturated heterocycles. The number of amides is 2. The zero-order valence-electron chi connectivity index (χ0n) is 17.9. The van der Waals surface area contributed by atoms with Gasteiger partial charge in [-0.3, -0.25) is 14.6 Å². The molecule has 0 aliphatic rings. The van der Waals surface area contributed by atoms with Gasteiger partial charge in [-0.2, -0.15) is 0 Å². The minimum Gasteiger partial charge on any atom is -0.495 e. The fourth-order valence-electron chi connectivity index (χ4n) is 2.90. The number of benzene rings is 2. The van der Waals surface area contributed by atoms with E-state index in [9.17, 15) is 9.59 Å². The molecule has 0 aliphatic heterocycles. The van der Waals surface area contributed by atoms with Gasteiger partial charge in [-0.15, -0.1) is 0 Å². The van der Waals surface area contributed by atoms with E-state index in [1.165, 1.54) is 33.5 Å². The Bertz CT molecular complexity index is 1130. The largest absolute Gasteiger partial charge is 0.495 e. The van der Waals surface area contributed by atoms with E-state index in [0.717, 1.165) is 0 Å². The van der Waals surface area contributed by atoms with E-state index >= 15 is 0 Å². The predicted molar refractivity (Wildman–Crippen MR) is 121 cm³/mol. The van der Waals surface area contributed by atoms with Crippen LogP contribution in [0.3, 0.4) is 0 Å². The lowest BCUT2D eigenvalue weighted by Gasteiger charge is -2.14. The number of carbonyl (C=O) groups excluding carboxylic acids is 2. The molecule has 32 heavy (non-hydrogen) atoms. The molecule has 2 N–H and O–H groups in total. The fraction of sp³-hybridized carbons (Fsp3) is 0.125. The summed E-state index contributed by atoms with van der Waals surface area (Å²) >= 11 is 0. The first-order valence-electron chi connectivity index (χ1n) is 9.65. The van der Waals surface area contributed by atoms with Gasteiger partial charge in [0.15, 0.2) is 11.5 Å². The topological polar surface area (TPSA) is 98.8 Å². The van der Waals surface area contributed by atoms with Crippen LogP contribution in [0.2, 0.25) is 0 Å². The summed E-state index contributed by atoms with van der Waals surface area (Å²) in [5.41, 5.74) is 1.44. The first-order chi connectivity index (χ1) is 15.5. The highest BCUT2D eigenvalue weighted by Crippen LogP contribution is 2.28. The summed E-state index contributed by atoms with van der Waals surface area (Å²) in [5.74, 6) is 0.372. The minimum atomic E-state index is -0.521. The standard InChI is InChI=1S/C24H23N3O5/c1-30-20-9-5-4-8-18(20)26-24(29)19(13-16-7-6-12-25-15-16)27-23(28)17-10-11-21(31-2)22(14-17)32-3/h4-15H,1-3H3,(H,26,29)(H,27,28). The van der Waals surface area contributed by atoms with Crippen LogP contribution in [0.1, 0.15) is 15.9 Å². The van der Waals surface area contributed by atoms with Gasteiger partial charge in [-0.1, -0.05) is 18.2 Å². The molecular weight excluding hydrogens is 410 g/mol. The van der Waals surface area contributed by atoms with Crippen LogP contribution in [0.25, 0.3) is 6.08 Å². The summed E-state index contributed by atoms with van der Waals surface area (Å²) in [5, 5.41) is 5.44. The number of rotatable bonds is 8. The Morgan fingerprint density at radius 2 is 1.62 bits per heavy atom. The van der Waals surface area contributed by atoms with E-state index in [1.54, 1.807) is 60.9 Å². The second-order valence-corrected chi connectivity index (χ2v) is 6.52. The third-order valence-electron chi connectivity index (χ3n) is 4.49. The zero-order valence-corrected chi connectivity index (χ0v) is 17.9. The van der Waals surface area contributed by atoms with Crippen LogP contribution >= 0.6 is 0 Å². The highest BCUT2D eigenvalue weighted by Gasteiger charge is 2.18. The van der Waals surface area contributed by atoms with E-state index in [-0.39, 0.29) is 5.70 Å². The van der Waals surface area contributed by atoms with E-state index in [1.807, 2.05) is 0 Å². The number of methoxy groups -OCH3 is 3. The summed E-state index contributed by atoms with van der Waals surface area (Å²) in [4.78, 5) is 30.0. The first kappa shape index (κ1) is 22.4. The van der Waals surface area contributed by atoms with Crippen molar-refractivity contribution in [2.45, 2.75) is 0 Å². The second kappa shape index (κ2) is 10.6. The van der Waals surface area contributed by atoms with Crippen LogP contribution in [-0.2, 0) is 4.79 Å². The molecule has 2 amide bonds. The molecule has 0 fully saturated rings. The van der Waals surface area contributed by atoms with Crippen molar-refractivity contribution in [2.75, 3.05) is 26.6 Å². The Morgan fingerprint density at radius 1 is 0.875 bits per heavy atom. The average molecular weight is 433 g/mol. The number of anilines is 1. The van der Waals surface area contributed by atoms with Gasteiger partial charge in [0.2, 0.25) is 0 Å². The van der Waals surface area contributed by atoms with Crippen molar-refractivity contribution in [2.24, 2.45) is 0 Å². The van der Waals surface area contributed by atoms with E-state index in [0.29, 0.717) is 34.1 Å². The molecule has 164 valence electrons. The van der Waals surface area contributed by atoms with Gasteiger partial charge in [-0.05, 0) is 48.0 Å². The molecule has 0 bridgehead atoms. The molecule has 8 heteroatoms. The number of carbonyl (C=O) groups is 2. The van der Waals surface area contributed by atoms with Crippen molar-refractivity contribution < 1.29 is 23.8 Å². The van der Waals surface area contributed by atoms with Gasteiger partial charge < -0.3 is 24.8 Å². The molecule has 0 saturated carbocycles. The van der Waals surface area contributed by atoms with Crippen LogP contribution in [0.4, 0.5) is 5.69 Å². The van der Waals surface area contributed by atoms with Crippen molar-refractivity contribution in [3.05, 3.63) is 83.8 Å². The Kier molecular flexibility index (Phi) is 7.42. The number of para-hydroxylation sites is 2. The maximum atomic E-state index is 13.1. The van der Waals surface area contributed by atoms with Crippen molar-refractivity contribution in [1.82, 2.24) is 10.3 Å². The molecular formula is C24H23N3O5. The van der Waals surface area contributed by atoms with Gasteiger partial charge in [0.1, 0.15) is 11.4 Å². The van der Waals surface area contributed by atoms with E-state index in [2.05, 4.69) is 15.6 Å². The van der Waals surface area contributed by atoms with Crippen molar-refractivity contribution >= 4 is 23.6 Å². The molecule has 8 nitrogen and oxygen atoms in total. The van der Waals surface area contributed by atoms with Gasteiger partial charge >= 0.3 is 0 Å². The Balaban J connectivity index is 1.90. The van der Waals surface area contributed by atoms with Gasteiger partial charge in [-0.25, -0.2) is 0 Å². The lowest BCUT2D eigenvalue weighted by molar-refractivity contribution is -0.113. The van der Waals surface area contributed by atoms with Gasteiger partial charge in [0, 0.05) is 18.0 Å². The third-order valence-corrected chi connectivity index (χ3v) is 4.49. The Hall–Kier alpha value is -4.33. The highest BCUT2D eigenvalue weighted by molar-refractivity contribution is 6.11. The Morgan fingerprint density at radius 3 is 2.31 bits per heavy atom. The number of pyridine rings is 1. The summed E-state index contributed by atoms with van der Waals surface area (Å²) in [6, 6.07) is 15.2. The zero-order chi connectivity index (χ0) is 22.9. The molecule has 0 unspecified atom stereocenters. The normalized spacial score (nSPS) is 10.8. The third kappa shape index (κ3) is 5.42. The smallest absolute Gasteiger partial charge is 0.272 e. The van der Waals surface area contributed by atoms with Crippen molar-refractivity contribution in [3.8, 4) is 17.2 Å². The SMILES string of the molecule is COc1ccccc1NC(=O)C(=Cc1cccnc1)NC(=O)c1ccc(OC)c(OC)c1. The molecule has 0 spiro atoms. The van der Waals surface area contributed by atoms with Gasteiger partial charge in [0.05, 0.1) is 27.0 Å². The summed E-state index contributed by atoms with van der Waals surface area (Å²) < 4.78 is 15.7. The number of aromatic nitrogens is 1. The maximum Gasteiger partial charge on any atom is 0.272 e. The second-order valence-electron chi connectivity index (χ2n) is 6.52. The lowest BCUT2D eigenvalue weighted by Crippen LogP contribution is -2.30. The van der Waals surface area contributed by atoms with Crippen LogP contribution in [0.5, 0.6) is 17.2 Å². The summed E-state index contributed by atoms with van der Waals surface area (Å²) in [7, 11) is 4.50. The Labute approximate surface area is 185 Å². The van der Waals surface area contributed by atoms with Crippen molar-refractivity contribution in [1.29, 1.82) is 0 Å². The van der Waals surface area contributed by atoms with Gasteiger partial charge in [0.25, 0.3) is 11.8 Å². The van der Waals surface area contributed by atoms with E-state index in [4.69, 9.17) is 14.2 Å². The van der Waals surface area contributed by atoms with Crippen LogP contribution < -0.4 is 24.8 Å². The highest BCUT2D eigenvalue weighted by atomic mass is 16.5. The molecule has 0 atom stereocenters. The summed E-state index contributed by atoms with van der Waals surface area (Å²) in [6.45, 7) is 0. The summed E-state index contributed by atoms with van der Waals surface area (Å²) in [6.07, 6.45) is 4.74. The first-order valence-corrected chi connectivity index (χ1v) is 9.65. The van der Waals surface area contributed by atoms with Crippen molar-refractivity contribution in [3.63, 3.8) is 0 Å². The molecule has 3 aromatic rings. The lowest BCUT2D eigenvalue weighted by atomic mass is 10.1. The monoisotopic (exact) mass is 433 g/mol. The molecule has 0 aliphatic carbocycles. The maximum absolute atomic E-state index is 13.1. The number of ether oxygens (including phenoxy) is 3. The van der Waals surface area contributed by atoms with E-state index < -0.39 is 11.8 Å². The molecule has 0 radical (unpaired) electrons.